The minimum absolute atomic E-state index is 0.678. The Balaban J connectivity index is 1.13. The summed E-state index contributed by atoms with van der Waals surface area (Å²) in [5, 5.41) is 3.50. The van der Waals surface area contributed by atoms with Crippen LogP contribution in [0, 0.1) is 0 Å². The predicted molar refractivity (Wildman–Crippen MR) is 233 cm³/mol. The van der Waals surface area contributed by atoms with E-state index in [-0.39, 0.29) is 0 Å². The third-order valence-electron chi connectivity index (χ3n) is 10.5. The summed E-state index contributed by atoms with van der Waals surface area (Å²) in [6.45, 7) is 0. The molecule has 3 heteroatoms. The molecule has 0 bridgehead atoms. The zero-order chi connectivity index (χ0) is 37.3. The Kier molecular flexibility index (Phi) is 8.51. The van der Waals surface area contributed by atoms with E-state index in [1.165, 1.54) is 21.9 Å². The van der Waals surface area contributed by atoms with Gasteiger partial charge in [-0.3, -0.25) is 0 Å². The predicted octanol–water partition coefficient (Wildman–Crippen LogP) is 13.8. The summed E-state index contributed by atoms with van der Waals surface area (Å²) in [5.41, 5.74) is 14.6. The summed E-state index contributed by atoms with van der Waals surface area (Å²) < 4.78 is 0. The van der Waals surface area contributed by atoms with Crippen molar-refractivity contribution in [2.75, 3.05) is 0 Å². The molecule has 3 nitrogen and oxygen atoms in total. The van der Waals surface area contributed by atoms with Gasteiger partial charge in [0.1, 0.15) is 0 Å². The topological polar surface area (TPSA) is 38.7 Å². The van der Waals surface area contributed by atoms with Crippen LogP contribution >= 0.6 is 0 Å². The molecule has 0 saturated heterocycles. The molecule has 0 amide bonds. The first-order valence-corrected chi connectivity index (χ1v) is 18.9. The monoisotopic (exact) mass is 713 g/mol. The molecule has 0 aliphatic rings. The van der Waals surface area contributed by atoms with Crippen molar-refractivity contribution in [1.82, 2.24) is 15.0 Å². The molecule has 0 atom stereocenters. The van der Waals surface area contributed by atoms with Crippen molar-refractivity contribution >= 4 is 21.7 Å². The van der Waals surface area contributed by atoms with Crippen molar-refractivity contribution in [2.45, 2.75) is 0 Å². The van der Waals surface area contributed by atoms with E-state index in [1.807, 2.05) is 18.2 Å². The van der Waals surface area contributed by atoms with Gasteiger partial charge in [0.05, 0.1) is 22.6 Å². The largest absolute Gasteiger partial charge is 0.247 e. The molecule has 0 N–H and O–H groups in total. The first kappa shape index (κ1) is 33.1. The molecule has 0 unspecified atom stereocenters. The molecule has 0 spiro atoms. The lowest BCUT2D eigenvalue weighted by Gasteiger charge is -2.17. The number of aromatic nitrogens is 3. The first-order chi connectivity index (χ1) is 27.7. The zero-order valence-electron chi connectivity index (χ0n) is 30.5. The molecule has 10 aromatic rings. The van der Waals surface area contributed by atoms with Crippen molar-refractivity contribution in [3.05, 3.63) is 212 Å². The third-order valence-corrected chi connectivity index (χ3v) is 10.5. The van der Waals surface area contributed by atoms with E-state index in [4.69, 9.17) is 15.0 Å². The number of rotatable bonds is 7. The Hall–Kier alpha value is -7.49. The second-order valence-corrected chi connectivity index (χ2v) is 14.0. The van der Waals surface area contributed by atoms with Crippen molar-refractivity contribution in [3.8, 4) is 78.5 Å². The van der Waals surface area contributed by atoms with Gasteiger partial charge in [-0.25, -0.2) is 15.0 Å². The number of fused-ring (bicyclic) bond motifs is 3. The summed E-state index contributed by atoms with van der Waals surface area (Å²) in [6, 6.07) is 74.4. The molecule has 0 aliphatic heterocycles. The molecule has 262 valence electrons. The molecular weight excluding hydrogens is 679 g/mol. The van der Waals surface area contributed by atoms with Gasteiger partial charge in [0.15, 0.2) is 5.82 Å². The summed E-state index contributed by atoms with van der Waals surface area (Å²) in [6.07, 6.45) is 0. The van der Waals surface area contributed by atoms with Crippen LogP contribution in [0.2, 0.25) is 0 Å². The Morgan fingerprint density at radius 1 is 0.268 bits per heavy atom. The normalized spacial score (nSPS) is 11.2. The number of benzene rings is 8. The van der Waals surface area contributed by atoms with Crippen LogP contribution in [-0.4, -0.2) is 15.0 Å². The molecule has 2 heterocycles. The number of hydrogen-bond acceptors (Lipinski definition) is 3. The summed E-state index contributed by atoms with van der Waals surface area (Å²) in [4.78, 5) is 15.8. The fraction of sp³-hybridized carbons (Fsp3) is 0. The summed E-state index contributed by atoms with van der Waals surface area (Å²) >= 11 is 0. The quantitative estimate of drug-likeness (QED) is 0.154. The lowest BCUT2D eigenvalue weighted by molar-refractivity contribution is 1.18. The summed E-state index contributed by atoms with van der Waals surface area (Å²) in [7, 11) is 0. The molecule has 0 saturated carbocycles. The molecule has 0 radical (unpaired) electrons. The third kappa shape index (κ3) is 6.31. The van der Waals surface area contributed by atoms with Crippen LogP contribution in [0.5, 0.6) is 0 Å². The Morgan fingerprint density at radius 3 is 1.41 bits per heavy atom. The van der Waals surface area contributed by atoms with E-state index in [9.17, 15) is 0 Å². The van der Waals surface area contributed by atoms with E-state index in [0.29, 0.717) is 5.82 Å². The number of pyridine rings is 1. The molecule has 0 fully saturated rings. The van der Waals surface area contributed by atoms with Crippen LogP contribution in [0.3, 0.4) is 0 Å². The van der Waals surface area contributed by atoms with Gasteiger partial charge >= 0.3 is 0 Å². The molecule has 0 aliphatic carbocycles. The second-order valence-electron chi connectivity index (χ2n) is 14.0. The van der Waals surface area contributed by atoms with Gasteiger partial charge in [0, 0.05) is 33.2 Å². The van der Waals surface area contributed by atoms with Gasteiger partial charge in [0.25, 0.3) is 0 Å². The maximum absolute atomic E-state index is 5.43. The van der Waals surface area contributed by atoms with Crippen molar-refractivity contribution < 1.29 is 0 Å². The highest BCUT2D eigenvalue weighted by molar-refractivity contribution is 6.18. The maximum atomic E-state index is 5.43. The van der Waals surface area contributed by atoms with Gasteiger partial charge in [-0.15, -0.1) is 0 Å². The average molecular weight is 714 g/mol. The van der Waals surface area contributed by atoms with E-state index < -0.39 is 0 Å². The van der Waals surface area contributed by atoms with Gasteiger partial charge < -0.3 is 0 Å². The van der Waals surface area contributed by atoms with E-state index in [2.05, 4.69) is 194 Å². The maximum Gasteiger partial charge on any atom is 0.160 e. The van der Waals surface area contributed by atoms with E-state index in [1.54, 1.807) is 0 Å². The number of hydrogen-bond donors (Lipinski definition) is 0. The minimum atomic E-state index is 0.678. The smallest absolute Gasteiger partial charge is 0.160 e. The highest BCUT2D eigenvalue weighted by Gasteiger charge is 2.18. The van der Waals surface area contributed by atoms with Crippen LogP contribution in [0.1, 0.15) is 0 Å². The Bertz CT molecular complexity index is 2980. The van der Waals surface area contributed by atoms with E-state index in [0.717, 1.165) is 72.5 Å². The van der Waals surface area contributed by atoms with Gasteiger partial charge in [0.2, 0.25) is 0 Å². The Morgan fingerprint density at radius 2 is 0.750 bits per heavy atom. The summed E-state index contributed by atoms with van der Waals surface area (Å²) in [5.74, 6) is 0.678. The van der Waals surface area contributed by atoms with E-state index >= 15 is 0 Å². The van der Waals surface area contributed by atoms with Crippen molar-refractivity contribution in [3.63, 3.8) is 0 Å². The lowest BCUT2D eigenvalue weighted by atomic mass is 9.90. The molecule has 8 aromatic carbocycles. The molecule has 2 aromatic heterocycles. The Labute approximate surface area is 326 Å². The van der Waals surface area contributed by atoms with Crippen molar-refractivity contribution in [2.24, 2.45) is 0 Å². The van der Waals surface area contributed by atoms with Gasteiger partial charge in [-0.1, -0.05) is 188 Å². The second kappa shape index (κ2) is 14.4. The minimum Gasteiger partial charge on any atom is -0.247 e. The molecule has 56 heavy (non-hydrogen) atoms. The fourth-order valence-electron chi connectivity index (χ4n) is 7.68. The van der Waals surface area contributed by atoms with Crippen LogP contribution in [0.4, 0.5) is 0 Å². The van der Waals surface area contributed by atoms with Crippen LogP contribution in [0.15, 0.2) is 212 Å². The highest BCUT2D eigenvalue weighted by atomic mass is 14.9. The molecular formula is C53H35N3. The van der Waals surface area contributed by atoms with Crippen LogP contribution < -0.4 is 0 Å². The van der Waals surface area contributed by atoms with Crippen LogP contribution in [-0.2, 0) is 0 Å². The fourth-order valence-corrected chi connectivity index (χ4v) is 7.68. The SMILES string of the molecule is c1ccc(-c2cccc(-c3cc(-c4ccccc4)nc(-c4ccc(-c5cc6ccccc6c6c(-c7ccccc7)cc(-c7ccccc7)nc56)cc4)n3)c2)cc1. The lowest BCUT2D eigenvalue weighted by Crippen LogP contribution is -1.96. The zero-order valence-corrected chi connectivity index (χ0v) is 30.5. The number of nitrogens with zero attached hydrogens (tertiary/aromatic N) is 3. The first-order valence-electron chi connectivity index (χ1n) is 18.9. The van der Waals surface area contributed by atoms with Crippen molar-refractivity contribution in [1.29, 1.82) is 0 Å². The average Bonchev–Trinajstić information content (AvgIpc) is 3.29. The standard InChI is InChI=1S/C53H35N3/c1-5-16-36(17-6-1)42-25-15-26-44(32-42)50-35-49(40-22-11-4-12-23-40)55-53(56-50)41-30-28-38(29-31-41)47-33-43-24-13-14-27-45(43)51-46(37-18-7-2-8-19-37)34-48(54-52(47)51)39-20-9-3-10-21-39/h1-35H. The van der Waals surface area contributed by atoms with Crippen LogP contribution in [0.25, 0.3) is 100 Å². The van der Waals surface area contributed by atoms with Gasteiger partial charge in [-0.2, -0.15) is 0 Å². The highest BCUT2D eigenvalue weighted by Crippen LogP contribution is 2.42. The molecule has 10 rings (SSSR count). The van der Waals surface area contributed by atoms with Gasteiger partial charge in [-0.05, 0) is 62.9 Å².